The van der Waals surface area contributed by atoms with Crippen LogP contribution in [0.3, 0.4) is 0 Å². The average molecular weight is 563 g/mol. The molecule has 2 aromatic rings. The first-order valence-electron chi connectivity index (χ1n) is 11.8. The monoisotopic (exact) mass is 563 g/mol. The summed E-state index contributed by atoms with van der Waals surface area (Å²) in [6.07, 6.45) is -12.5. The summed E-state index contributed by atoms with van der Waals surface area (Å²) in [5.41, 5.74) is -3.11. The van der Waals surface area contributed by atoms with E-state index in [1.807, 2.05) is 0 Å². The van der Waals surface area contributed by atoms with Crippen LogP contribution in [0.25, 0.3) is 0 Å². The van der Waals surface area contributed by atoms with Gasteiger partial charge >= 0.3 is 24.4 Å². The van der Waals surface area contributed by atoms with E-state index in [4.69, 9.17) is 18.9 Å². The molecule has 0 aromatic heterocycles. The lowest BCUT2D eigenvalue weighted by molar-refractivity contribution is -0.148. The molecule has 1 amide bonds. The molecule has 214 valence electrons. The number of methoxy groups -OCH3 is 2. The Balaban J connectivity index is 2.31. The first-order valence-corrected chi connectivity index (χ1v) is 11.8. The first kappa shape index (κ1) is 29.9. The van der Waals surface area contributed by atoms with E-state index in [2.05, 4.69) is 0 Å². The van der Waals surface area contributed by atoms with Crippen LogP contribution >= 0.6 is 0 Å². The van der Waals surface area contributed by atoms with Crippen LogP contribution < -0.4 is 14.4 Å². The number of esters is 1. The van der Waals surface area contributed by atoms with Crippen molar-refractivity contribution >= 4 is 17.7 Å². The Bertz CT molecular complexity index is 1200. The second-order valence-electron chi connectivity index (χ2n) is 8.90. The molecule has 0 fully saturated rings. The van der Waals surface area contributed by atoms with E-state index in [-0.39, 0.29) is 41.8 Å². The molecular weight excluding hydrogens is 536 g/mol. The van der Waals surface area contributed by atoms with Gasteiger partial charge in [0.2, 0.25) is 0 Å². The number of alkyl halides is 6. The van der Waals surface area contributed by atoms with E-state index >= 15 is 0 Å². The molecule has 7 nitrogen and oxygen atoms in total. The van der Waals surface area contributed by atoms with Crippen molar-refractivity contribution < 1.29 is 54.9 Å². The Hall–Kier alpha value is -3.64. The number of anilines is 1. The lowest BCUT2D eigenvalue weighted by Crippen LogP contribution is -2.44. The molecule has 3 rings (SSSR count). The summed E-state index contributed by atoms with van der Waals surface area (Å²) in [5, 5.41) is 0. The Labute approximate surface area is 220 Å². The van der Waals surface area contributed by atoms with Gasteiger partial charge in [0.1, 0.15) is 6.10 Å². The number of nitrogens with zero attached hydrogens (tertiary/aromatic N) is 1. The van der Waals surface area contributed by atoms with Crippen molar-refractivity contribution in [2.45, 2.75) is 57.6 Å². The lowest BCUT2D eigenvalue weighted by atomic mass is 9.79. The Morgan fingerprint density at radius 1 is 0.949 bits per heavy atom. The minimum Gasteiger partial charge on any atom is -0.493 e. The van der Waals surface area contributed by atoms with E-state index in [1.165, 1.54) is 31.3 Å². The van der Waals surface area contributed by atoms with Crippen molar-refractivity contribution in [2.24, 2.45) is 0 Å². The maximum absolute atomic E-state index is 13.6. The molecule has 0 radical (unpaired) electrons. The summed E-state index contributed by atoms with van der Waals surface area (Å²) in [6.45, 7) is 4.28. The fourth-order valence-electron chi connectivity index (χ4n) is 4.69. The highest BCUT2D eigenvalue weighted by atomic mass is 19.4. The van der Waals surface area contributed by atoms with Gasteiger partial charge in [0.15, 0.2) is 11.5 Å². The van der Waals surface area contributed by atoms with Gasteiger partial charge in [0.05, 0.1) is 37.6 Å². The second-order valence-corrected chi connectivity index (χ2v) is 8.90. The highest BCUT2D eigenvalue weighted by Gasteiger charge is 2.43. The van der Waals surface area contributed by atoms with Crippen molar-refractivity contribution in [3.63, 3.8) is 0 Å². The van der Waals surface area contributed by atoms with Crippen molar-refractivity contribution in [2.75, 3.05) is 25.7 Å². The van der Waals surface area contributed by atoms with Crippen molar-refractivity contribution in [3.8, 4) is 11.5 Å². The van der Waals surface area contributed by atoms with Crippen LogP contribution in [0.5, 0.6) is 11.5 Å². The summed E-state index contributed by atoms with van der Waals surface area (Å²) in [4.78, 5) is 26.3. The van der Waals surface area contributed by atoms with Crippen LogP contribution in [0.4, 0.5) is 36.8 Å². The van der Waals surface area contributed by atoms with Gasteiger partial charge in [0.25, 0.3) is 0 Å². The fourth-order valence-corrected chi connectivity index (χ4v) is 4.69. The number of hydrogen-bond donors (Lipinski definition) is 0. The normalized spacial score (nSPS) is 18.2. The quantitative estimate of drug-likeness (QED) is 0.282. The van der Waals surface area contributed by atoms with Crippen LogP contribution in [0.15, 0.2) is 30.3 Å². The third kappa shape index (κ3) is 6.34. The zero-order valence-electron chi connectivity index (χ0n) is 21.7. The van der Waals surface area contributed by atoms with Gasteiger partial charge in [-0.1, -0.05) is 0 Å². The number of carbonyl (C=O) groups excluding carboxylic acids is 2. The highest BCUT2D eigenvalue weighted by molar-refractivity contribution is 5.91. The Kier molecular flexibility index (Phi) is 8.61. The Morgan fingerprint density at radius 2 is 1.49 bits per heavy atom. The number of rotatable bonds is 6. The molecule has 3 atom stereocenters. The summed E-state index contributed by atoms with van der Waals surface area (Å²) in [5.74, 6) is -1.51. The third-order valence-electron chi connectivity index (χ3n) is 6.29. The molecule has 0 N–H and O–H groups in total. The fraction of sp³-hybridized carbons (Fsp3) is 0.462. The molecule has 1 aliphatic rings. The van der Waals surface area contributed by atoms with E-state index < -0.39 is 59.2 Å². The molecule has 13 heteroatoms. The lowest BCUT2D eigenvalue weighted by Gasteiger charge is -2.41. The standard InChI is InChI=1S/C26H27F6NO6/c1-6-38-24(35)33-13(2)7-19(18-11-21(36-4)22(37-5)12-20(18)33)23(39-14(3)34)15-8-16(25(27,28)29)10-17(9-15)26(30,31)32/h8-13,19,23H,6-7H2,1-5H3/t13-,19-,23?/m0/s1. The first-order chi connectivity index (χ1) is 18.1. The van der Waals surface area contributed by atoms with Gasteiger partial charge in [0, 0.05) is 24.9 Å². The van der Waals surface area contributed by atoms with Gasteiger partial charge in [-0.2, -0.15) is 26.3 Å². The van der Waals surface area contributed by atoms with Crippen molar-refractivity contribution in [1.82, 2.24) is 0 Å². The predicted octanol–water partition coefficient (Wildman–Crippen LogP) is 6.88. The zero-order valence-corrected chi connectivity index (χ0v) is 21.7. The molecule has 0 saturated carbocycles. The van der Waals surface area contributed by atoms with Crippen molar-refractivity contribution in [3.05, 3.63) is 52.6 Å². The van der Waals surface area contributed by atoms with Crippen LogP contribution in [-0.2, 0) is 26.6 Å². The van der Waals surface area contributed by atoms with E-state index in [0.717, 1.165) is 6.92 Å². The number of amides is 1. The van der Waals surface area contributed by atoms with E-state index in [9.17, 15) is 35.9 Å². The van der Waals surface area contributed by atoms with Gasteiger partial charge in [-0.25, -0.2) is 4.79 Å². The van der Waals surface area contributed by atoms with Gasteiger partial charge < -0.3 is 18.9 Å². The summed E-state index contributed by atoms with van der Waals surface area (Å²) in [6, 6.07) is 3.31. The topological polar surface area (TPSA) is 74.3 Å². The minimum absolute atomic E-state index is 0.00213. The van der Waals surface area contributed by atoms with Crippen molar-refractivity contribution in [1.29, 1.82) is 0 Å². The Morgan fingerprint density at radius 3 is 1.95 bits per heavy atom. The second kappa shape index (κ2) is 11.2. The van der Waals surface area contributed by atoms with Crippen LogP contribution in [-0.4, -0.2) is 38.9 Å². The van der Waals surface area contributed by atoms with Gasteiger partial charge in [-0.15, -0.1) is 0 Å². The zero-order chi connectivity index (χ0) is 29.3. The number of ether oxygens (including phenoxy) is 4. The third-order valence-corrected chi connectivity index (χ3v) is 6.29. The molecule has 1 aliphatic heterocycles. The number of carbonyl (C=O) groups is 2. The van der Waals surface area contributed by atoms with Crippen LogP contribution in [0.1, 0.15) is 61.5 Å². The number of fused-ring (bicyclic) bond motifs is 1. The molecule has 0 spiro atoms. The molecule has 1 heterocycles. The molecular formula is C26H27F6NO6. The van der Waals surface area contributed by atoms with Gasteiger partial charge in [-0.3, -0.25) is 9.69 Å². The van der Waals surface area contributed by atoms with E-state index in [1.54, 1.807) is 13.8 Å². The van der Waals surface area contributed by atoms with E-state index in [0.29, 0.717) is 12.1 Å². The number of halogens is 6. The van der Waals surface area contributed by atoms with Gasteiger partial charge in [-0.05, 0) is 55.7 Å². The maximum Gasteiger partial charge on any atom is 0.416 e. The van der Waals surface area contributed by atoms with Crippen LogP contribution in [0.2, 0.25) is 0 Å². The molecule has 2 aromatic carbocycles. The largest absolute Gasteiger partial charge is 0.493 e. The van der Waals surface area contributed by atoms with Crippen LogP contribution in [0, 0.1) is 0 Å². The summed E-state index contributed by atoms with van der Waals surface area (Å²) >= 11 is 0. The maximum atomic E-state index is 13.6. The molecule has 0 aliphatic carbocycles. The SMILES string of the molecule is CCOC(=O)N1c2cc(OC)c(OC)cc2[C@@H](C(OC(C)=O)c2cc(C(F)(F)F)cc(C(F)(F)F)c2)C[C@@H]1C. The average Bonchev–Trinajstić information content (AvgIpc) is 2.84. The smallest absolute Gasteiger partial charge is 0.416 e. The highest BCUT2D eigenvalue weighted by Crippen LogP contribution is 2.51. The number of benzene rings is 2. The minimum atomic E-state index is -5.11. The summed E-state index contributed by atoms with van der Waals surface area (Å²) in [7, 11) is 2.69. The molecule has 1 unspecified atom stereocenters. The molecule has 0 bridgehead atoms. The molecule has 39 heavy (non-hydrogen) atoms. The predicted molar refractivity (Wildman–Crippen MR) is 127 cm³/mol. The number of hydrogen-bond acceptors (Lipinski definition) is 6. The summed E-state index contributed by atoms with van der Waals surface area (Å²) < 4.78 is 103. The molecule has 0 saturated heterocycles.